The highest BCUT2D eigenvalue weighted by Crippen LogP contribution is 2.59. The molecule has 5 nitrogen and oxygen atoms in total. The van der Waals surface area contributed by atoms with Crippen LogP contribution in [0.1, 0.15) is 39.0 Å². The lowest BCUT2D eigenvalue weighted by Crippen LogP contribution is -2.49. The molecule has 1 saturated heterocycles. The van der Waals surface area contributed by atoms with Crippen molar-refractivity contribution in [2.45, 2.75) is 50.7 Å². The molecule has 3 rings (SSSR count). The predicted octanol–water partition coefficient (Wildman–Crippen LogP) is 1.09. The molecule has 1 heterocycles. The van der Waals surface area contributed by atoms with Gasteiger partial charge in [0.05, 0.1) is 19.3 Å². The molecule has 5 heteroatoms. The quantitative estimate of drug-likeness (QED) is 0.660. The molecule has 0 amide bonds. The summed E-state index contributed by atoms with van der Waals surface area (Å²) in [6.07, 6.45) is 2.83. The normalized spacial score (nSPS) is 46.0. The molecule has 3 fully saturated rings. The Hall–Kier alpha value is -0.910. The standard InChI is InChI=1S/C15H22O5/c1-9(7-16)10-2-4-14-6-12(20-8-14)15(19,13(17)18)5-3-11(10)14/h11-12,16,19H,2-8H2,1H3,(H,17,18)/b10-9+/t11-,12+,14+,15+/m0/s1. The van der Waals surface area contributed by atoms with E-state index in [2.05, 4.69) is 0 Å². The van der Waals surface area contributed by atoms with E-state index in [1.807, 2.05) is 6.92 Å². The van der Waals surface area contributed by atoms with E-state index in [1.54, 1.807) is 0 Å². The van der Waals surface area contributed by atoms with Gasteiger partial charge in [0.15, 0.2) is 5.60 Å². The molecule has 2 saturated carbocycles. The Balaban J connectivity index is 1.98. The molecule has 0 radical (unpaired) electrons. The summed E-state index contributed by atoms with van der Waals surface area (Å²) in [4.78, 5) is 11.4. The maximum absolute atomic E-state index is 11.4. The van der Waals surface area contributed by atoms with Crippen LogP contribution in [0.15, 0.2) is 11.1 Å². The number of fused-ring (bicyclic) bond motifs is 1. The molecule has 3 N–H and O–H groups in total. The van der Waals surface area contributed by atoms with E-state index in [4.69, 9.17) is 4.74 Å². The van der Waals surface area contributed by atoms with Gasteiger partial charge in [-0.3, -0.25) is 0 Å². The van der Waals surface area contributed by atoms with Gasteiger partial charge in [-0.15, -0.1) is 0 Å². The van der Waals surface area contributed by atoms with Gasteiger partial charge in [0.25, 0.3) is 0 Å². The van der Waals surface area contributed by atoms with Gasteiger partial charge in [-0.05, 0) is 50.5 Å². The van der Waals surface area contributed by atoms with E-state index in [1.165, 1.54) is 5.57 Å². The summed E-state index contributed by atoms with van der Waals surface area (Å²) in [5.74, 6) is -0.933. The first-order chi connectivity index (χ1) is 9.43. The topological polar surface area (TPSA) is 87.0 Å². The number of carboxylic acid groups (broad SMARTS) is 1. The van der Waals surface area contributed by atoms with Crippen LogP contribution in [0.25, 0.3) is 0 Å². The van der Waals surface area contributed by atoms with Gasteiger partial charge >= 0.3 is 5.97 Å². The van der Waals surface area contributed by atoms with Crippen LogP contribution in [-0.4, -0.2) is 46.2 Å². The van der Waals surface area contributed by atoms with Crippen molar-refractivity contribution in [3.63, 3.8) is 0 Å². The highest BCUT2D eigenvalue weighted by molar-refractivity contribution is 5.78. The zero-order valence-corrected chi connectivity index (χ0v) is 11.8. The van der Waals surface area contributed by atoms with Gasteiger partial charge < -0.3 is 20.1 Å². The fraction of sp³-hybridized carbons (Fsp3) is 0.800. The van der Waals surface area contributed by atoms with Gasteiger partial charge in [0.1, 0.15) is 0 Å². The lowest BCUT2D eigenvalue weighted by molar-refractivity contribution is -0.174. The Bertz CT molecular complexity index is 471. The minimum absolute atomic E-state index is 0.0314. The second-order valence-electron chi connectivity index (χ2n) is 6.65. The Morgan fingerprint density at radius 2 is 2.20 bits per heavy atom. The molecule has 112 valence electrons. The van der Waals surface area contributed by atoms with Crippen LogP contribution >= 0.6 is 0 Å². The predicted molar refractivity (Wildman–Crippen MR) is 71.1 cm³/mol. The highest BCUT2D eigenvalue weighted by atomic mass is 16.5. The summed E-state index contributed by atoms with van der Waals surface area (Å²) < 4.78 is 5.68. The fourth-order valence-electron chi connectivity index (χ4n) is 4.44. The first-order valence-electron chi connectivity index (χ1n) is 7.30. The first kappa shape index (κ1) is 14.0. The number of carbonyl (C=O) groups is 1. The summed E-state index contributed by atoms with van der Waals surface area (Å²) in [7, 11) is 0. The number of aliphatic carboxylic acids is 1. The van der Waals surface area contributed by atoms with Crippen molar-refractivity contribution in [1.82, 2.24) is 0 Å². The van der Waals surface area contributed by atoms with Crippen molar-refractivity contribution in [3.8, 4) is 0 Å². The van der Waals surface area contributed by atoms with Crippen LogP contribution in [0.3, 0.4) is 0 Å². The van der Waals surface area contributed by atoms with Crippen LogP contribution < -0.4 is 0 Å². The average Bonchev–Trinajstić information content (AvgIpc) is 2.97. The molecule has 20 heavy (non-hydrogen) atoms. The van der Waals surface area contributed by atoms with Crippen molar-refractivity contribution in [2.75, 3.05) is 13.2 Å². The van der Waals surface area contributed by atoms with Crippen LogP contribution in [0, 0.1) is 11.3 Å². The van der Waals surface area contributed by atoms with E-state index >= 15 is 0 Å². The second kappa shape index (κ2) is 4.55. The number of allylic oxidation sites excluding steroid dienone is 1. The van der Waals surface area contributed by atoms with Crippen molar-refractivity contribution in [3.05, 3.63) is 11.1 Å². The summed E-state index contributed by atoms with van der Waals surface area (Å²) in [6, 6.07) is 0. The third kappa shape index (κ3) is 1.76. The Labute approximate surface area is 118 Å². The molecule has 0 aromatic carbocycles. The molecule has 4 atom stereocenters. The summed E-state index contributed by atoms with van der Waals surface area (Å²) >= 11 is 0. The maximum atomic E-state index is 11.4. The summed E-state index contributed by atoms with van der Waals surface area (Å²) in [5, 5.41) is 29.2. The lowest BCUT2D eigenvalue weighted by atomic mass is 9.74. The molecule has 2 aliphatic carbocycles. The van der Waals surface area contributed by atoms with Crippen LogP contribution in [0.2, 0.25) is 0 Å². The minimum atomic E-state index is -1.76. The molecular weight excluding hydrogens is 260 g/mol. The van der Waals surface area contributed by atoms with Gasteiger partial charge in [0.2, 0.25) is 0 Å². The average molecular weight is 282 g/mol. The smallest absolute Gasteiger partial charge is 0.338 e. The van der Waals surface area contributed by atoms with Crippen LogP contribution in [-0.2, 0) is 9.53 Å². The molecule has 1 spiro atoms. The molecule has 3 aliphatic rings. The minimum Gasteiger partial charge on any atom is -0.479 e. The van der Waals surface area contributed by atoms with Crippen molar-refractivity contribution < 1.29 is 24.9 Å². The number of ether oxygens (including phenoxy) is 1. The van der Waals surface area contributed by atoms with Gasteiger partial charge in [-0.25, -0.2) is 4.79 Å². The van der Waals surface area contributed by atoms with Crippen molar-refractivity contribution in [2.24, 2.45) is 11.3 Å². The lowest BCUT2D eigenvalue weighted by Gasteiger charge is -2.31. The third-order valence-electron chi connectivity index (χ3n) is 5.72. The van der Waals surface area contributed by atoms with Crippen molar-refractivity contribution >= 4 is 5.97 Å². The number of hydrogen-bond acceptors (Lipinski definition) is 4. The Morgan fingerprint density at radius 3 is 2.85 bits per heavy atom. The van der Waals surface area contributed by atoms with E-state index in [-0.39, 0.29) is 24.4 Å². The highest BCUT2D eigenvalue weighted by Gasteiger charge is 2.60. The number of hydrogen-bond donors (Lipinski definition) is 3. The Kier molecular flexibility index (Phi) is 3.19. The number of aliphatic hydroxyl groups is 2. The molecule has 1 aliphatic heterocycles. The van der Waals surface area contributed by atoms with Gasteiger partial charge in [-0.1, -0.05) is 5.57 Å². The molecule has 0 aromatic rings. The fourth-order valence-corrected chi connectivity index (χ4v) is 4.44. The zero-order chi connectivity index (χ0) is 14.5. The molecule has 0 aromatic heterocycles. The molecular formula is C15H22O5. The number of carboxylic acids is 1. The monoisotopic (exact) mass is 282 g/mol. The third-order valence-corrected chi connectivity index (χ3v) is 5.72. The molecule has 0 unspecified atom stereocenters. The zero-order valence-electron chi connectivity index (χ0n) is 11.8. The summed E-state index contributed by atoms with van der Waals surface area (Å²) in [5.41, 5.74) is 0.463. The van der Waals surface area contributed by atoms with E-state index in [9.17, 15) is 20.1 Å². The Morgan fingerprint density at radius 1 is 1.45 bits per heavy atom. The summed E-state index contributed by atoms with van der Waals surface area (Å²) in [6.45, 7) is 2.52. The molecule has 2 bridgehead atoms. The van der Waals surface area contributed by atoms with Gasteiger partial charge in [0, 0.05) is 5.41 Å². The van der Waals surface area contributed by atoms with E-state index in [0.717, 1.165) is 18.4 Å². The van der Waals surface area contributed by atoms with E-state index < -0.39 is 17.7 Å². The number of rotatable bonds is 2. The largest absolute Gasteiger partial charge is 0.479 e. The van der Waals surface area contributed by atoms with E-state index in [0.29, 0.717) is 19.4 Å². The number of aliphatic hydroxyl groups excluding tert-OH is 1. The van der Waals surface area contributed by atoms with Crippen molar-refractivity contribution in [1.29, 1.82) is 0 Å². The van der Waals surface area contributed by atoms with Gasteiger partial charge in [-0.2, -0.15) is 0 Å². The first-order valence-corrected chi connectivity index (χ1v) is 7.30. The second-order valence-corrected chi connectivity index (χ2v) is 6.65. The van der Waals surface area contributed by atoms with Crippen LogP contribution in [0.5, 0.6) is 0 Å². The van der Waals surface area contributed by atoms with Crippen LogP contribution in [0.4, 0.5) is 0 Å². The maximum Gasteiger partial charge on any atom is 0.338 e. The SMILES string of the molecule is C/C(CO)=C1/CC[C@]23CO[C@H](C2)[C@@](O)(C(=O)O)CC[C@@H]13.